The molecule has 21 heavy (non-hydrogen) atoms. The van der Waals surface area contributed by atoms with Gasteiger partial charge in [-0.05, 0) is 36.2 Å². The van der Waals surface area contributed by atoms with E-state index in [1.165, 1.54) is 16.8 Å². The van der Waals surface area contributed by atoms with Crippen LogP contribution < -0.4 is 5.32 Å². The number of hydrogen-bond donors (Lipinski definition) is 1. The summed E-state index contributed by atoms with van der Waals surface area (Å²) in [7, 11) is 0. The van der Waals surface area contributed by atoms with Crippen LogP contribution in [-0.4, -0.2) is 15.9 Å². The first-order chi connectivity index (χ1) is 10.3. The van der Waals surface area contributed by atoms with Gasteiger partial charge in [-0.1, -0.05) is 44.2 Å². The zero-order valence-electron chi connectivity index (χ0n) is 12.6. The molecule has 3 heteroatoms. The lowest BCUT2D eigenvalue weighted by molar-refractivity contribution is 0.537. The van der Waals surface area contributed by atoms with Crippen molar-refractivity contribution in [1.82, 2.24) is 14.7 Å². The fourth-order valence-corrected chi connectivity index (χ4v) is 2.81. The van der Waals surface area contributed by atoms with Crippen LogP contribution in [0.2, 0.25) is 0 Å². The van der Waals surface area contributed by atoms with Crippen molar-refractivity contribution in [1.29, 1.82) is 0 Å². The maximum absolute atomic E-state index is 4.34. The molecule has 1 unspecified atom stereocenters. The normalized spacial score (nSPS) is 12.7. The van der Waals surface area contributed by atoms with Gasteiger partial charge in [0.05, 0.1) is 5.69 Å². The summed E-state index contributed by atoms with van der Waals surface area (Å²) >= 11 is 0. The van der Waals surface area contributed by atoms with Crippen LogP contribution in [0.5, 0.6) is 0 Å². The number of imidazole rings is 1. The minimum absolute atomic E-state index is 0.438. The lowest BCUT2D eigenvalue weighted by Crippen LogP contribution is -2.19. The Bertz CT molecular complexity index is 713. The third kappa shape index (κ3) is 2.69. The van der Waals surface area contributed by atoms with Gasteiger partial charge in [0.25, 0.3) is 0 Å². The molecule has 1 N–H and O–H groups in total. The van der Waals surface area contributed by atoms with Crippen LogP contribution in [0, 0.1) is 0 Å². The molecule has 3 aromatic rings. The van der Waals surface area contributed by atoms with Gasteiger partial charge in [0.1, 0.15) is 5.65 Å². The molecule has 0 radical (unpaired) electrons. The standard InChI is InChI=1S/C18H21N3/c1-3-16(19-4-2)14-8-10-15(11-9-14)17-6-5-7-18-20-12-13-21(17)18/h5-13,16,19H,3-4H2,1-2H3. The molecule has 0 spiro atoms. The molecule has 2 heterocycles. The van der Waals surface area contributed by atoms with Crippen molar-refractivity contribution in [2.45, 2.75) is 26.3 Å². The van der Waals surface area contributed by atoms with Crippen LogP contribution in [0.1, 0.15) is 31.9 Å². The van der Waals surface area contributed by atoms with Gasteiger partial charge in [0.15, 0.2) is 0 Å². The number of rotatable bonds is 5. The largest absolute Gasteiger partial charge is 0.310 e. The summed E-state index contributed by atoms with van der Waals surface area (Å²) < 4.78 is 2.12. The molecule has 0 bridgehead atoms. The lowest BCUT2D eigenvalue weighted by Gasteiger charge is -2.16. The molecule has 0 aliphatic heterocycles. The van der Waals surface area contributed by atoms with E-state index in [9.17, 15) is 0 Å². The molecule has 3 rings (SSSR count). The van der Waals surface area contributed by atoms with Crippen molar-refractivity contribution in [3.05, 3.63) is 60.4 Å². The summed E-state index contributed by atoms with van der Waals surface area (Å²) in [4.78, 5) is 4.34. The van der Waals surface area contributed by atoms with Crippen LogP contribution in [0.15, 0.2) is 54.9 Å². The summed E-state index contributed by atoms with van der Waals surface area (Å²) in [5.74, 6) is 0. The monoisotopic (exact) mass is 279 g/mol. The molecule has 0 saturated carbocycles. The fraction of sp³-hybridized carbons (Fsp3) is 0.278. The minimum atomic E-state index is 0.438. The molecule has 0 aliphatic carbocycles. The van der Waals surface area contributed by atoms with Crippen LogP contribution in [0.3, 0.4) is 0 Å². The predicted octanol–water partition coefficient (Wildman–Crippen LogP) is 4.06. The van der Waals surface area contributed by atoms with E-state index in [-0.39, 0.29) is 0 Å². The van der Waals surface area contributed by atoms with Gasteiger partial charge in [-0.3, -0.25) is 4.40 Å². The summed E-state index contributed by atoms with van der Waals surface area (Å²) in [5, 5.41) is 3.52. The highest BCUT2D eigenvalue weighted by molar-refractivity contribution is 5.63. The summed E-state index contributed by atoms with van der Waals surface area (Å²) in [6.45, 7) is 5.36. The molecule has 108 valence electrons. The first-order valence-corrected chi connectivity index (χ1v) is 7.59. The first-order valence-electron chi connectivity index (χ1n) is 7.59. The summed E-state index contributed by atoms with van der Waals surface area (Å²) in [5.41, 5.74) is 4.72. The Morgan fingerprint density at radius 1 is 1.10 bits per heavy atom. The predicted molar refractivity (Wildman–Crippen MR) is 87.3 cm³/mol. The van der Waals surface area contributed by atoms with Gasteiger partial charge < -0.3 is 5.32 Å². The van der Waals surface area contributed by atoms with Crippen LogP contribution in [0.4, 0.5) is 0 Å². The third-order valence-electron chi connectivity index (χ3n) is 3.90. The van der Waals surface area contributed by atoms with Gasteiger partial charge in [0.2, 0.25) is 0 Å². The van der Waals surface area contributed by atoms with Gasteiger partial charge in [-0.15, -0.1) is 0 Å². The van der Waals surface area contributed by atoms with Crippen LogP contribution in [0.25, 0.3) is 16.9 Å². The molecule has 1 atom stereocenters. The number of nitrogens with one attached hydrogen (secondary N) is 1. The quantitative estimate of drug-likeness (QED) is 0.763. The molecule has 2 aromatic heterocycles. The third-order valence-corrected chi connectivity index (χ3v) is 3.90. The Balaban J connectivity index is 1.95. The van der Waals surface area contributed by atoms with Gasteiger partial charge >= 0.3 is 0 Å². The summed E-state index contributed by atoms with van der Waals surface area (Å²) in [6.07, 6.45) is 4.95. The highest BCUT2D eigenvalue weighted by Crippen LogP contribution is 2.24. The Morgan fingerprint density at radius 2 is 1.90 bits per heavy atom. The summed E-state index contributed by atoms with van der Waals surface area (Å²) in [6, 6.07) is 15.5. The Morgan fingerprint density at radius 3 is 2.62 bits per heavy atom. The minimum Gasteiger partial charge on any atom is -0.310 e. The SMILES string of the molecule is CCNC(CC)c1ccc(-c2cccc3nccn23)cc1. The van der Waals surface area contributed by atoms with Crippen LogP contribution >= 0.6 is 0 Å². The molecular formula is C18H21N3. The van der Waals surface area contributed by atoms with E-state index in [1.54, 1.807) is 0 Å². The maximum atomic E-state index is 4.34. The lowest BCUT2D eigenvalue weighted by atomic mass is 10.0. The van der Waals surface area contributed by atoms with Crippen molar-refractivity contribution in [3.8, 4) is 11.3 Å². The Labute approximate surface area is 125 Å². The van der Waals surface area contributed by atoms with Crippen molar-refractivity contribution in [2.24, 2.45) is 0 Å². The van der Waals surface area contributed by atoms with Gasteiger partial charge in [-0.2, -0.15) is 0 Å². The van der Waals surface area contributed by atoms with E-state index in [2.05, 4.69) is 64.9 Å². The van der Waals surface area contributed by atoms with E-state index in [0.29, 0.717) is 6.04 Å². The topological polar surface area (TPSA) is 29.3 Å². The molecule has 0 saturated heterocycles. The number of nitrogens with zero attached hydrogens (tertiary/aromatic N) is 2. The van der Waals surface area contributed by atoms with Crippen molar-refractivity contribution < 1.29 is 0 Å². The fourth-order valence-electron chi connectivity index (χ4n) is 2.81. The second kappa shape index (κ2) is 6.10. The van der Waals surface area contributed by atoms with Gasteiger partial charge in [0, 0.05) is 18.4 Å². The number of aromatic nitrogens is 2. The van der Waals surface area contributed by atoms with Gasteiger partial charge in [-0.25, -0.2) is 4.98 Å². The second-order valence-electron chi connectivity index (χ2n) is 5.21. The van der Waals surface area contributed by atoms with Crippen LogP contribution in [-0.2, 0) is 0 Å². The smallest absolute Gasteiger partial charge is 0.137 e. The van der Waals surface area contributed by atoms with Crippen molar-refractivity contribution in [2.75, 3.05) is 6.54 Å². The van der Waals surface area contributed by atoms with E-state index in [4.69, 9.17) is 0 Å². The Hall–Kier alpha value is -2.13. The maximum Gasteiger partial charge on any atom is 0.137 e. The number of pyridine rings is 1. The number of hydrogen-bond acceptors (Lipinski definition) is 2. The van der Waals surface area contributed by atoms with E-state index in [1.807, 2.05) is 18.5 Å². The van der Waals surface area contributed by atoms with E-state index >= 15 is 0 Å². The second-order valence-corrected chi connectivity index (χ2v) is 5.21. The Kier molecular flexibility index (Phi) is 4.02. The van der Waals surface area contributed by atoms with E-state index in [0.717, 1.165) is 18.6 Å². The highest BCUT2D eigenvalue weighted by atomic mass is 15.0. The molecule has 0 fully saturated rings. The zero-order valence-corrected chi connectivity index (χ0v) is 12.6. The molecule has 0 amide bonds. The molecular weight excluding hydrogens is 258 g/mol. The highest BCUT2D eigenvalue weighted by Gasteiger charge is 2.08. The number of fused-ring (bicyclic) bond motifs is 1. The van der Waals surface area contributed by atoms with Crippen molar-refractivity contribution >= 4 is 5.65 Å². The van der Waals surface area contributed by atoms with E-state index < -0.39 is 0 Å². The molecule has 3 nitrogen and oxygen atoms in total. The van der Waals surface area contributed by atoms with Crippen molar-refractivity contribution in [3.63, 3.8) is 0 Å². The average molecular weight is 279 g/mol. The first kappa shape index (κ1) is 13.8. The molecule has 0 aliphatic rings. The zero-order chi connectivity index (χ0) is 14.7. The average Bonchev–Trinajstić information content (AvgIpc) is 3.01. The molecule has 1 aromatic carbocycles. The number of benzene rings is 1.